The largest absolute Gasteiger partial charge is 0.478 e. The summed E-state index contributed by atoms with van der Waals surface area (Å²) in [6, 6.07) is 4.65. The second-order valence-corrected chi connectivity index (χ2v) is 6.60. The van der Waals surface area contributed by atoms with Gasteiger partial charge in [-0.1, -0.05) is 0 Å². The van der Waals surface area contributed by atoms with Crippen LogP contribution in [0.3, 0.4) is 0 Å². The highest BCUT2D eigenvalue weighted by Gasteiger charge is 2.23. The molecular weight excluding hydrogens is 326 g/mol. The molecule has 1 N–H and O–H groups in total. The second-order valence-electron chi connectivity index (χ2n) is 5.88. The van der Waals surface area contributed by atoms with Gasteiger partial charge in [-0.15, -0.1) is 11.3 Å². The number of carbonyl (C=O) groups is 2. The van der Waals surface area contributed by atoms with Crippen molar-refractivity contribution in [2.45, 2.75) is 13.5 Å². The molecule has 3 rings (SSSR count). The Kier molecular flexibility index (Phi) is 4.92. The minimum atomic E-state index is -0.979. The second kappa shape index (κ2) is 7.11. The number of aromatic carboxylic acids is 1. The van der Waals surface area contributed by atoms with E-state index in [-0.39, 0.29) is 11.5 Å². The molecule has 0 radical (unpaired) electrons. The number of aromatic nitrogens is 1. The van der Waals surface area contributed by atoms with E-state index in [1.165, 1.54) is 6.07 Å². The normalized spacial score (nSPS) is 15.5. The maximum atomic E-state index is 12.7. The van der Waals surface area contributed by atoms with Crippen LogP contribution in [-0.4, -0.2) is 57.9 Å². The summed E-state index contributed by atoms with van der Waals surface area (Å²) in [5.41, 5.74) is 4.38. The molecule has 2 aromatic rings. The lowest BCUT2D eigenvalue weighted by Gasteiger charge is -2.34. The monoisotopic (exact) mass is 345 g/mol. The van der Waals surface area contributed by atoms with Crippen LogP contribution in [0.15, 0.2) is 29.1 Å². The van der Waals surface area contributed by atoms with Crippen molar-refractivity contribution in [2.24, 2.45) is 0 Å². The van der Waals surface area contributed by atoms with Crippen molar-refractivity contribution in [3.63, 3.8) is 0 Å². The Morgan fingerprint density at radius 3 is 2.58 bits per heavy atom. The standard InChI is InChI=1S/C17H19N3O3S/c1-12-8-13(17(22)23)2-3-15(12)16(21)20-6-4-19(5-7-20)9-14-10-24-11-18-14/h2-3,8,10-11H,4-7,9H2,1H3,(H,22,23). The molecule has 1 aromatic heterocycles. The van der Waals surface area contributed by atoms with Crippen molar-refractivity contribution >= 4 is 23.2 Å². The van der Waals surface area contributed by atoms with Gasteiger partial charge in [0.2, 0.25) is 0 Å². The van der Waals surface area contributed by atoms with Crippen LogP contribution in [0.5, 0.6) is 0 Å². The minimum absolute atomic E-state index is 0.0299. The number of aryl methyl sites for hydroxylation is 1. The molecule has 7 heteroatoms. The van der Waals surface area contributed by atoms with Crippen molar-refractivity contribution < 1.29 is 14.7 Å². The van der Waals surface area contributed by atoms with Crippen molar-refractivity contribution in [1.82, 2.24) is 14.8 Å². The van der Waals surface area contributed by atoms with Gasteiger partial charge in [-0.05, 0) is 30.7 Å². The van der Waals surface area contributed by atoms with E-state index in [2.05, 4.69) is 9.88 Å². The number of carbonyl (C=O) groups excluding carboxylic acids is 1. The van der Waals surface area contributed by atoms with Crippen LogP contribution in [-0.2, 0) is 6.54 Å². The predicted octanol–water partition coefficient (Wildman–Crippen LogP) is 2.11. The zero-order valence-electron chi connectivity index (χ0n) is 13.4. The van der Waals surface area contributed by atoms with Crippen LogP contribution >= 0.6 is 11.3 Å². The molecule has 1 aromatic carbocycles. The Labute approximate surface area is 144 Å². The van der Waals surface area contributed by atoms with Crippen LogP contribution in [0.25, 0.3) is 0 Å². The van der Waals surface area contributed by atoms with Gasteiger partial charge >= 0.3 is 5.97 Å². The van der Waals surface area contributed by atoms with E-state index in [9.17, 15) is 9.59 Å². The summed E-state index contributed by atoms with van der Waals surface area (Å²) in [5.74, 6) is -1.01. The number of piperazine rings is 1. The van der Waals surface area contributed by atoms with E-state index >= 15 is 0 Å². The third-order valence-electron chi connectivity index (χ3n) is 4.23. The van der Waals surface area contributed by atoms with E-state index in [4.69, 9.17) is 5.11 Å². The summed E-state index contributed by atoms with van der Waals surface area (Å²) in [4.78, 5) is 32.1. The molecule has 1 amide bonds. The smallest absolute Gasteiger partial charge is 0.335 e. The Bertz CT molecular complexity index is 738. The quantitative estimate of drug-likeness (QED) is 0.919. The Morgan fingerprint density at radius 1 is 1.25 bits per heavy atom. The molecule has 0 saturated carbocycles. The topological polar surface area (TPSA) is 73.7 Å². The molecule has 6 nitrogen and oxygen atoms in total. The van der Waals surface area contributed by atoms with Crippen LogP contribution in [0.2, 0.25) is 0 Å². The first-order valence-corrected chi connectivity index (χ1v) is 8.71. The summed E-state index contributed by atoms with van der Waals surface area (Å²) < 4.78 is 0. The summed E-state index contributed by atoms with van der Waals surface area (Å²) in [6.45, 7) is 5.56. The molecule has 1 aliphatic rings. The van der Waals surface area contributed by atoms with E-state index in [0.29, 0.717) is 24.2 Å². The summed E-state index contributed by atoms with van der Waals surface area (Å²) >= 11 is 1.59. The van der Waals surface area contributed by atoms with Gasteiger partial charge < -0.3 is 10.0 Å². The Balaban J connectivity index is 1.62. The summed E-state index contributed by atoms with van der Waals surface area (Å²) in [7, 11) is 0. The maximum Gasteiger partial charge on any atom is 0.335 e. The highest BCUT2D eigenvalue weighted by atomic mass is 32.1. The molecule has 1 aliphatic heterocycles. The van der Waals surface area contributed by atoms with Gasteiger partial charge in [0.25, 0.3) is 5.91 Å². The van der Waals surface area contributed by atoms with E-state index < -0.39 is 5.97 Å². The molecule has 0 atom stereocenters. The van der Waals surface area contributed by atoms with Gasteiger partial charge in [-0.25, -0.2) is 9.78 Å². The summed E-state index contributed by atoms with van der Waals surface area (Å²) in [5, 5.41) is 11.1. The van der Waals surface area contributed by atoms with Crippen LogP contribution in [0.1, 0.15) is 32.0 Å². The number of carboxylic acid groups (broad SMARTS) is 1. The lowest BCUT2D eigenvalue weighted by molar-refractivity contribution is 0.0624. The lowest BCUT2D eigenvalue weighted by Crippen LogP contribution is -2.48. The average molecular weight is 345 g/mol. The maximum absolute atomic E-state index is 12.7. The molecule has 2 heterocycles. The van der Waals surface area contributed by atoms with E-state index in [1.807, 2.05) is 15.8 Å². The molecule has 0 spiro atoms. The first-order chi connectivity index (χ1) is 11.5. The minimum Gasteiger partial charge on any atom is -0.478 e. The van der Waals surface area contributed by atoms with Crippen LogP contribution < -0.4 is 0 Å². The number of amides is 1. The number of carboxylic acids is 1. The third-order valence-corrected chi connectivity index (χ3v) is 4.87. The predicted molar refractivity (Wildman–Crippen MR) is 91.4 cm³/mol. The Morgan fingerprint density at radius 2 is 2.00 bits per heavy atom. The van der Waals surface area contributed by atoms with Gasteiger partial charge in [0.15, 0.2) is 0 Å². The van der Waals surface area contributed by atoms with Crippen LogP contribution in [0.4, 0.5) is 0 Å². The van der Waals surface area contributed by atoms with Crippen molar-refractivity contribution in [2.75, 3.05) is 26.2 Å². The molecular formula is C17H19N3O3S. The number of hydrogen-bond donors (Lipinski definition) is 1. The first-order valence-electron chi connectivity index (χ1n) is 7.77. The highest BCUT2D eigenvalue weighted by Crippen LogP contribution is 2.16. The molecule has 0 aliphatic carbocycles. The fraction of sp³-hybridized carbons (Fsp3) is 0.353. The van der Waals surface area contributed by atoms with Gasteiger partial charge in [0.1, 0.15) is 0 Å². The average Bonchev–Trinajstić information content (AvgIpc) is 3.08. The van der Waals surface area contributed by atoms with E-state index in [0.717, 1.165) is 25.3 Å². The Hall–Kier alpha value is -2.25. The van der Waals surface area contributed by atoms with Crippen molar-refractivity contribution in [3.05, 3.63) is 51.5 Å². The number of thiazole rings is 1. The van der Waals surface area contributed by atoms with Gasteiger partial charge in [0, 0.05) is 43.7 Å². The van der Waals surface area contributed by atoms with Gasteiger partial charge in [0.05, 0.1) is 16.8 Å². The molecule has 126 valence electrons. The van der Waals surface area contributed by atoms with E-state index in [1.54, 1.807) is 30.4 Å². The number of hydrogen-bond acceptors (Lipinski definition) is 5. The fourth-order valence-electron chi connectivity index (χ4n) is 2.86. The molecule has 24 heavy (non-hydrogen) atoms. The number of rotatable bonds is 4. The zero-order chi connectivity index (χ0) is 17.1. The van der Waals surface area contributed by atoms with Gasteiger partial charge in [-0.3, -0.25) is 9.69 Å². The zero-order valence-corrected chi connectivity index (χ0v) is 14.3. The van der Waals surface area contributed by atoms with Gasteiger partial charge in [-0.2, -0.15) is 0 Å². The molecule has 0 bridgehead atoms. The third kappa shape index (κ3) is 3.63. The highest BCUT2D eigenvalue weighted by molar-refractivity contribution is 7.07. The fourth-order valence-corrected chi connectivity index (χ4v) is 3.41. The van der Waals surface area contributed by atoms with Crippen LogP contribution in [0, 0.1) is 6.92 Å². The number of nitrogens with zero attached hydrogens (tertiary/aromatic N) is 3. The van der Waals surface area contributed by atoms with Crippen molar-refractivity contribution in [3.8, 4) is 0 Å². The molecule has 1 fully saturated rings. The number of benzene rings is 1. The first kappa shape index (κ1) is 16.6. The lowest BCUT2D eigenvalue weighted by atomic mass is 10.0. The molecule has 0 unspecified atom stereocenters. The molecule has 1 saturated heterocycles. The SMILES string of the molecule is Cc1cc(C(=O)O)ccc1C(=O)N1CCN(Cc2cscn2)CC1. The van der Waals surface area contributed by atoms with Crippen molar-refractivity contribution in [1.29, 1.82) is 0 Å². The summed E-state index contributed by atoms with van der Waals surface area (Å²) in [6.07, 6.45) is 0.